The Bertz CT molecular complexity index is 777. The number of benzene rings is 1. The zero-order valence-corrected chi connectivity index (χ0v) is 14.3. The quantitative estimate of drug-likeness (QED) is 0.463. The minimum absolute atomic E-state index is 0.0582. The Balaban J connectivity index is 1.79. The van der Waals surface area contributed by atoms with Crippen molar-refractivity contribution in [2.45, 2.75) is 6.92 Å². The molecule has 6 nitrogen and oxygen atoms in total. The zero-order valence-electron chi connectivity index (χ0n) is 12.7. The Labute approximate surface area is 146 Å². The SMILES string of the molecule is CC(=O)c1ccc(NC(=O)COC(=O)C=Cc2ccc(Br)o2)cc1. The van der Waals surface area contributed by atoms with E-state index in [9.17, 15) is 14.4 Å². The van der Waals surface area contributed by atoms with Crippen molar-refractivity contribution in [3.05, 3.63) is 58.5 Å². The Kier molecular flexibility index (Phi) is 6.08. The molecule has 0 unspecified atom stereocenters. The minimum Gasteiger partial charge on any atom is -0.452 e. The highest BCUT2D eigenvalue weighted by molar-refractivity contribution is 9.10. The molecule has 0 bridgehead atoms. The fraction of sp³-hybridized carbons (Fsp3) is 0.118. The Morgan fingerprint density at radius 2 is 1.88 bits per heavy atom. The largest absolute Gasteiger partial charge is 0.452 e. The van der Waals surface area contributed by atoms with E-state index in [1.165, 1.54) is 19.1 Å². The summed E-state index contributed by atoms with van der Waals surface area (Å²) in [6.07, 6.45) is 2.60. The maximum absolute atomic E-state index is 11.7. The van der Waals surface area contributed by atoms with Crippen LogP contribution in [0.3, 0.4) is 0 Å². The van der Waals surface area contributed by atoms with E-state index in [-0.39, 0.29) is 5.78 Å². The number of halogens is 1. The van der Waals surface area contributed by atoms with Crippen LogP contribution in [0.5, 0.6) is 0 Å². The van der Waals surface area contributed by atoms with E-state index >= 15 is 0 Å². The minimum atomic E-state index is -0.662. The highest BCUT2D eigenvalue weighted by Gasteiger charge is 2.07. The molecule has 1 aromatic heterocycles. The number of ketones is 1. The topological polar surface area (TPSA) is 85.6 Å². The van der Waals surface area contributed by atoms with Crippen LogP contribution in [-0.4, -0.2) is 24.3 Å². The number of anilines is 1. The maximum atomic E-state index is 11.7. The van der Waals surface area contributed by atoms with Crippen molar-refractivity contribution in [1.29, 1.82) is 0 Å². The van der Waals surface area contributed by atoms with Crippen molar-refractivity contribution in [2.75, 3.05) is 11.9 Å². The van der Waals surface area contributed by atoms with Gasteiger partial charge in [-0.25, -0.2) is 4.79 Å². The van der Waals surface area contributed by atoms with Gasteiger partial charge in [0.05, 0.1) is 0 Å². The summed E-state index contributed by atoms with van der Waals surface area (Å²) in [4.78, 5) is 34.4. The van der Waals surface area contributed by atoms with E-state index in [4.69, 9.17) is 9.15 Å². The third-order valence-corrected chi connectivity index (χ3v) is 3.32. The van der Waals surface area contributed by atoms with Gasteiger partial charge in [0.2, 0.25) is 0 Å². The lowest BCUT2D eigenvalue weighted by Gasteiger charge is -2.05. The second-order valence-electron chi connectivity index (χ2n) is 4.76. The van der Waals surface area contributed by atoms with Gasteiger partial charge in [-0.05, 0) is 65.3 Å². The van der Waals surface area contributed by atoms with Crippen molar-refractivity contribution in [1.82, 2.24) is 0 Å². The first-order valence-corrected chi connectivity index (χ1v) is 7.74. The van der Waals surface area contributed by atoms with Crippen LogP contribution in [0.15, 0.2) is 51.6 Å². The first-order valence-electron chi connectivity index (χ1n) is 6.95. The lowest BCUT2D eigenvalue weighted by atomic mass is 10.1. The van der Waals surface area contributed by atoms with Crippen molar-refractivity contribution in [2.24, 2.45) is 0 Å². The van der Waals surface area contributed by atoms with E-state index in [1.807, 2.05) is 0 Å². The zero-order chi connectivity index (χ0) is 17.5. The number of nitrogens with one attached hydrogen (secondary N) is 1. The lowest BCUT2D eigenvalue weighted by Crippen LogP contribution is -2.20. The van der Waals surface area contributed by atoms with Crippen LogP contribution in [0.2, 0.25) is 0 Å². The van der Waals surface area contributed by atoms with Gasteiger partial charge in [0.15, 0.2) is 17.1 Å². The van der Waals surface area contributed by atoms with Gasteiger partial charge in [-0.15, -0.1) is 0 Å². The molecule has 0 atom stereocenters. The summed E-state index contributed by atoms with van der Waals surface area (Å²) in [6, 6.07) is 9.78. The van der Waals surface area contributed by atoms with Crippen LogP contribution in [0.1, 0.15) is 23.0 Å². The average molecular weight is 392 g/mol. The second kappa shape index (κ2) is 8.26. The van der Waals surface area contributed by atoms with Gasteiger partial charge in [0.25, 0.3) is 5.91 Å². The maximum Gasteiger partial charge on any atom is 0.331 e. The molecule has 0 fully saturated rings. The molecular formula is C17H14BrNO5. The summed E-state index contributed by atoms with van der Waals surface area (Å²) >= 11 is 3.14. The number of ether oxygens (including phenoxy) is 1. The van der Waals surface area contributed by atoms with Crippen molar-refractivity contribution < 1.29 is 23.5 Å². The van der Waals surface area contributed by atoms with Gasteiger partial charge < -0.3 is 14.5 Å². The second-order valence-corrected chi connectivity index (χ2v) is 5.55. The molecule has 0 radical (unpaired) electrons. The number of carbonyl (C=O) groups is 3. The number of furan rings is 1. The predicted molar refractivity (Wildman–Crippen MR) is 91.5 cm³/mol. The fourth-order valence-electron chi connectivity index (χ4n) is 1.74. The normalized spacial score (nSPS) is 10.6. The number of hydrogen-bond acceptors (Lipinski definition) is 5. The number of rotatable bonds is 6. The highest BCUT2D eigenvalue weighted by atomic mass is 79.9. The molecule has 0 saturated heterocycles. The van der Waals surface area contributed by atoms with Gasteiger partial charge >= 0.3 is 5.97 Å². The lowest BCUT2D eigenvalue weighted by molar-refractivity contribution is -0.142. The average Bonchev–Trinajstić information content (AvgIpc) is 2.97. The molecule has 7 heteroatoms. The van der Waals surface area contributed by atoms with Crippen LogP contribution in [0.25, 0.3) is 6.08 Å². The molecule has 0 aliphatic heterocycles. The van der Waals surface area contributed by atoms with Gasteiger partial charge in [-0.3, -0.25) is 9.59 Å². The number of amides is 1. The van der Waals surface area contributed by atoms with E-state index in [1.54, 1.807) is 36.4 Å². The summed E-state index contributed by atoms with van der Waals surface area (Å²) < 4.78 is 10.6. The summed E-state index contributed by atoms with van der Waals surface area (Å²) in [6.45, 7) is 1.04. The van der Waals surface area contributed by atoms with Crippen molar-refractivity contribution in [3.63, 3.8) is 0 Å². The Morgan fingerprint density at radius 3 is 2.46 bits per heavy atom. The fourth-order valence-corrected chi connectivity index (χ4v) is 2.06. The van der Waals surface area contributed by atoms with Crippen LogP contribution in [-0.2, 0) is 14.3 Å². The number of esters is 1. The molecule has 0 spiro atoms. The summed E-state index contributed by atoms with van der Waals surface area (Å²) in [5, 5.41) is 2.56. The third-order valence-electron chi connectivity index (χ3n) is 2.90. The Hall–Kier alpha value is -2.67. The molecule has 1 aromatic carbocycles. The summed E-state index contributed by atoms with van der Waals surface area (Å²) in [7, 11) is 0. The van der Waals surface area contributed by atoms with Gasteiger partial charge in [0.1, 0.15) is 5.76 Å². The van der Waals surface area contributed by atoms with E-state index in [0.717, 1.165) is 0 Å². The Morgan fingerprint density at radius 1 is 1.17 bits per heavy atom. The van der Waals surface area contributed by atoms with E-state index < -0.39 is 18.5 Å². The smallest absolute Gasteiger partial charge is 0.331 e. The van der Waals surface area contributed by atoms with Gasteiger partial charge in [-0.2, -0.15) is 0 Å². The van der Waals surface area contributed by atoms with Gasteiger partial charge in [0, 0.05) is 17.3 Å². The van der Waals surface area contributed by atoms with Gasteiger partial charge in [-0.1, -0.05) is 0 Å². The third kappa shape index (κ3) is 5.51. The van der Waals surface area contributed by atoms with E-state index in [2.05, 4.69) is 21.2 Å². The standard InChI is InChI=1S/C17H14BrNO5/c1-11(20)12-2-4-13(5-3-12)19-16(21)10-23-17(22)9-7-14-6-8-15(18)24-14/h2-9H,10H2,1H3,(H,19,21). The molecule has 2 rings (SSSR count). The van der Waals surface area contributed by atoms with Crippen LogP contribution < -0.4 is 5.32 Å². The molecule has 0 saturated carbocycles. The summed E-state index contributed by atoms with van der Waals surface area (Å²) in [5.74, 6) is -0.719. The molecular weight excluding hydrogens is 378 g/mol. The molecule has 0 aliphatic carbocycles. The van der Waals surface area contributed by atoms with Crippen LogP contribution in [0.4, 0.5) is 5.69 Å². The molecule has 1 amide bonds. The predicted octanol–water partition coefficient (Wildman–Crippen LogP) is 3.44. The summed E-state index contributed by atoms with van der Waals surface area (Å²) in [5.41, 5.74) is 1.06. The first kappa shape index (κ1) is 17.7. The molecule has 1 N–H and O–H groups in total. The van der Waals surface area contributed by atoms with Crippen molar-refractivity contribution >= 4 is 45.4 Å². The number of hydrogen-bond donors (Lipinski definition) is 1. The molecule has 124 valence electrons. The number of carbonyl (C=O) groups excluding carboxylic acids is 3. The van der Waals surface area contributed by atoms with E-state index in [0.29, 0.717) is 21.7 Å². The molecule has 24 heavy (non-hydrogen) atoms. The molecule has 0 aliphatic rings. The number of Topliss-reactive ketones (excluding diaryl/α,β-unsaturated/α-hetero) is 1. The monoisotopic (exact) mass is 391 g/mol. The first-order chi connectivity index (χ1) is 11.4. The molecule has 2 aromatic rings. The van der Waals surface area contributed by atoms with Crippen LogP contribution in [0, 0.1) is 0 Å². The van der Waals surface area contributed by atoms with Crippen LogP contribution >= 0.6 is 15.9 Å². The highest BCUT2D eigenvalue weighted by Crippen LogP contribution is 2.15. The molecule has 1 heterocycles. The van der Waals surface area contributed by atoms with Crippen molar-refractivity contribution in [3.8, 4) is 0 Å².